The monoisotopic (exact) mass is 203 g/mol. The van der Waals surface area contributed by atoms with Gasteiger partial charge < -0.3 is 10.8 Å². The molecule has 0 aliphatic heterocycles. The van der Waals surface area contributed by atoms with Crippen LogP contribution < -0.4 is 5.73 Å². The molecular formula is C10H9N3O2. The van der Waals surface area contributed by atoms with Gasteiger partial charge in [0.05, 0.1) is 5.69 Å². The van der Waals surface area contributed by atoms with E-state index < -0.39 is 6.09 Å². The summed E-state index contributed by atoms with van der Waals surface area (Å²) in [6, 6.07) is 7.13. The van der Waals surface area contributed by atoms with Crippen molar-refractivity contribution in [2.45, 2.75) is 0 Å². The van der Waals surface area contributed by atoms with Crippen molar-refractivity contribution in [2.24, 2.45) is 0 Å². The van der Waals surface area contributed by atoms with Gasteiger partial charge in [0, 0.05) is 17.4 Å². The van der Waals surface area contributed by atoms with Crippen LogP contribution in [0.4, 0.5) is 10.5 Å². The number of nitrogens with zero attached hydrogens (tertiary/aromatic N) is 2. The number of carbonyl (C=O) groups is 1. The fourth-order valence-corrected chi connectivity index (χ4v) is 1.27. The summed E-state index contributed by atoms with van der Waals surface area (Å²) >= 11 is 0. The Morgan fingerprint density at radius 1 is 1.47 bits per heavy atom. The van der Waals surface area contributed by atoms with Crippen LogP contribution in [0.15, 0.2) is 36.8 Å². The number of carboxylic acid groups (broad SMARTS) is 1. The van der Waals surface area contributed by atoms with Crippen molar-refractivity contribution in [2.75, 3.05) is 5.73 Å². The largest absolute Gasteiger partial charge is 0.464 e. The Bertz CT molecular complexity index is 505. The molecular weight excluding hydrogens is 194 g/mol. The predicted octanol–water partition coefficient (Wildman–Crippen LogP) is 1.66. The molecule has 1 heterocycles. The van der Waals surface area contributed by atoms with E-state index in [0.717, 1.165) is 10.1 Å². The number of imidazole rings is 1. The second-order valence-corrected chi connectivity index (χ2v) is 3.07. The maximum Gasteiger partial charge on any atom is 0.416 e. The van der Waals surface area contributed by atoms with Gasteiger partial charge in [-0.2, -0.15) is 0 Å². The summed E-state index contributed by atoms with van der Waals surface area (Å²) in [6.45, 7) is 0. The highest BCUT2D eigenvalue weighted by molar-refractivity contribution is 5.71. The molecule has 76 valence electrons. The zero-order valence-electron chi connectivity index (χ0n) is 7.79. The predicted molar refractivity (Wildman–Crippen MR) is 55.5 cm³/mol. The van der Waals surface area contributed by atoms with Crippen molar-refractivity contribution in [3.05, 3.63) is 36.8 Å². The Morgan fingerprint density at radius 3 is 2.87 bits per heavy atom. The van der Waals surface area contributed by atoms with Gasteiger partial charge in [-0.05, 0) is 12.1 Å². The summed E-state index contributed by atoms with van der Waals surface area (Å²) < 4.78 is 0.999. The number of nitrogens with two attached hydrogens (primary N) is 1. The second-order valence-electron chi connectivity index (χ2n) is 3.07. The Labute approximate surface area is 85.8 Å². The van der Waals surface area contributed by atoms with Gasteiger partial charge in [-0.3, -0.25) is 0 Å². The van der Waals surface area contributed by atoms with E-state index in [4.69, 9.17) is 10.8 Å². The fraction of sp³-hybridized carbons (Fsp3) is 0. The van der Waals surface area contributed by atoms with Gasteiger partial charge in [-0.15, -0.1) is 0 Å². The Kier molecular flexibility index (Phi) is 2.13. The third kappa shape index (κ3) is 1.80. The molecule has 5 heteroatoms. The van der Waals surface area contributed by atoms with Crippen molar-refractivity contribution < 1.29 is 9.90 Å². The number of benzene rings is 1. The van der Waals surface area contributed by atoms with Crippen molar-refractivity contribution in [3.63, 3.8) is 0 Å². The lowest BCUT2D eigenvalue weighted by atomic mass is 10.1. The Hall–Kier alpha value is -2.30. The highest BCUT2D eigenvalue weighted by Crippen LogP contribution is 2.18. The van der Waals surface area contributed by atoms with E-state index in [1.807, 2.05) is 6.07 Å². The minimum absolute atomic E-state index is 0.588. The first kappa shape index (κ1) is 9.26. The Morgan fingerprint density at radius 2 is 2.27 bits per heavy atom. The number of aromatic nitrogens is 2. The molecule has 0 aliphatic rings. The minimum Gasteiger partial charge on any atom is -0.464 e. The van der Waals surface area contributed by atoms with Crippen LogP contribution in [0, 0.1) is 0 Å². The summed E-state index contributed by atoms with van der Waals surface area (Å²) in [5.74, 6) is 0. The van der Waals surface area contributed by atoms with Crippen LogP contribution in [0.1, 0.15) is 0 Å². The lowest BCUT2D eigenvalue weighted by Gasteiger charge is -1.97. The minimum atomic E-state index is -1.06. The molecule has 0 unspecified atom stereocenters. The first-order valence-electron chi connectivity index (χ1n) is 4.30. The van der Waals surface area contributed by atoms with Crippen LogP contribution in [-0.4, -0.2) is 20.8 Å². The maximum atomic E-state index is 10.6. The molecule has 0 atom stereocenters. The summed E-state index contributed by atoms with van der Waals surface area (Å²) in [5, 5.41) is 8.70. The summed E-state index contributed by atoms with van der Waals surface area (Å²) in [6.07, 6.45) is 1.63. The highest BCUT2D eigenvalue weighted by atomic mass is 16.4. The van der Waals surface area contributed by atoms with E-state index in [2.05, 4.69) is 4.98 Å². The molecule has 2 rings (SSSR count). The van der Waals surface area contributed by atoms with E-state index in [9.17, 15) is 4.79 Å². The number of hydrogen-bond acceptors (Lipinski definition) is 3. The van der Waals surface area contributed by atoms with Crippen molar-refractivity contribution in [3.8, 4) is 11.3 Å². The van der Waals surface area contributed by atoms with E-state index in [0.29, 0.717) is 11.4 Å². The molecule has 0 saturated heterocycles. The topological polar surface area (TPSA) is 81.1 Å². The van der Waals surface area contributed by atoms with Gasteiger partial charge in [0.2, 0.25) is 0 Å². The molecule has 0 spiro atoms. The molecule has 1 aromatic heterocycles. The molecule has 0 radical (unpaired) electrons. The molecule has 0 saturated carbocycles. The number of rotatable bonds is 1. The van der Waals surface area contributed by atoms with Crippen molar-refractivity contribution >= 4 is 11.8 Å². The lowest BCUT2D eigenvalue weighted by molar-refractivity contribution is 0.196. The van der Waals surface area contributed by atoms with E-state index in [1.54, 1.807) is 18.2 Å². The molecule has 1 aromatic carbocycles. The molecule has 3 N–H and O–H groups in total. The standard InChI is InChI=1S/C10H9N3O2/c11-8-3-1-2-7(4-8)9-5-13(6-12-9)10(14)15/h1-6H,11H2,(H,14,15). The van der Waals surface area contributed by atoms with Crippen molar-refractivity contribution in [1.29, 1.82) is 0 Å². The van der Waals surface area contributed by atoms with Crippen LogP contribution >= 0.6 is 0 Å². The fourth-order valence-electron chi connectivity index (χ4n) is 1.27. The number of anilines is 1. The van der Waals surface area contributed by atoms with Gasteiger partial charge in [0.15, 0.2) is 0 Å². The van der Waals surface area contributed by atoms with Gasteiger partial charge >= 0.3 is 6.09 Å². The normalized spacial score (nSPS) is 10.1. The Balaban J connectivity index is 2.41. The van der Waals surface area contributed by atoms with E-state index in [-0.39, 0.29) is 0 Å². The third-order valence-corrected chi connectivity index (χ3v) is 1.99. The average Bonchev–Trinajstić information content (AvgIpc) is 2.66. The van der Waals surface area contributed by atoms with Crippen molar-refractivity contribution in [1.82, 2.24) is 9.55 Å². The van der Waals surface area contributed by atoms with Gasteiger partial charge in [0.25, 0.3) is 0 Å². The van der Waals surface area contributed by atoms with E-state index >= 15 is 0 Å². The quantitative estimate of drug-likeness (QED) is 0.690. The SMILES string of the molecule is Nc1cccc(-c2cn(C(=O)O)cn2)c1. The zero-order valence-corrected chi connectivity index (χ0v) is 7.79. The molecule has 15 heavy (non-hydrogen) atoms. The molecule has 2 aromatic rings. The first-order chi connectivity index (χ1) is 7.16. The third-order valence-electron chi connectivity index (χ3n) is 1.99. The maximum absolute atomic E-state index is 10.6. The van der Waals surface area contributed by atoms with Crippen LogP contribution in [0.25, 0.3) is 11.3 Å². The molecule has 0 fully saturated rings. The van der Waals surface area contributed by atoms with Crippen LogP contribution in [-0.2, 0) is 0 Å². The smallest absolute Gasteiger partial charge is 0.416 e. The van der Waals surface area contributed by atoms with Crippen LogP contribution in [0.2, 0.25) is 0 Å². The van der Waals surface area contributed by atoms with Crippen LogP contribution in [0.5, 0.6) is 0 Å². The summed E-state index contributed by atoms with van der Waals surface area (Å²) in [5.41, 5.74) is 7.62. The summed E-state index contributed by atoms with van der Waals surface area (Å²) in [4.78, 5) is 14.6. The molecule has 0 amide bonds. The first-order valence-corrected chi connectivity index (χ1v) is 4.30. The highest BCUT2D eigenvalue weighted by Gasteiger charge is 2.05. The number of nitrogen functional groups attached to an aromatic ring is 1. The summed E-state index contributed by atoms with van der Waals surface area (Å²) in [7, 11) is 0. The van der Waals surface area contributed by atoms with Gasteiger partial charge in [-0.25, -0.2) is 14.3 Å². The van der Waals surface area contributed by atoms with Crippen LogP contribution in [0.3, 0.4) is 0 Å². The molecule has 0 aliphatic carbocycles. The molecule has 5 nitrogen and oxygen atoms in total. The zero-order chi connectivity index (χ0) is 10.8. The van der Waals surface area contributed by atoms with Gasteiger partial charge in [0.1, 0.15) is 6.33 Å². The molecule has 0 bridgehead atoms. The second kappa shape index (κ2) is 3.45. The number of hydrogen-bond donors (Lipinski definition) is 2. The average molecular weight is 203 g/mol. The van der Waals surface area contributed by atoms with E-state index in [1.165, 1.54) is 12.5 Å². The van der Waals surface area contributed by atoms with Gasteiger partial charge in [-0.1, -0.05) is 12.1 Å². The lowest BCUT2D eigenvalue weighted by Crippen LogP contribution is -2.03.